The Kier molecular flexibility index (Phi) is 10.4. The summed E-state index contributed by atoms with van der Waals surface area (Å²) < 4.78 is 40.7. The van der Waals surface area contributed by atoms with Crippen molar-refractivity contribution in [3.05, 3.63) is 35.0 Å². The van der Waals surface area contributed by atoms with Crippen LogP contribution in [0.4, 0.5) is 4.79 Å². The van der Waals surface area contributed by atoms with Crippen LogP contribution in [-0.2, 0) is 26.1 Å². The van der Waals surface area contributed by atoms with E-state index in [1.807, 2.05) is 46.8 Å². The Morgan fingerprint density at radius 3 is 2.42 bits per heavy atom. The molecule has 8 nitrogen and oxygen atoms in total. The van der Waals surface area contributed by atoms with E-state index in [1.54, 1.807) is 23.6 Å². The van der Waals surface area contributed by atoms with E-state index in [9.17, 15) is 13.2 Å². The molecule has 38 heavy (non-hydrogen) atoms. The number of aromatic nitrogens is 1. The third-order valence-corrected chi connectivity index (χ3v) is 9.02. The van der Waals surface area contributed by atoms with Crippen molar-refractivity contribution in [3.63, 3.8) is 0 Å². The number of alkyl carbamates (subject to hydrolysis) is 1. The van der Waals surface area contributed by atoms with Gasteiger partial charge in [-0.25, -0.2) is 22.9 Å². The van der Waals surface area contributed by atoms with Gasteiger partial charge in [0, 0.05) is 35.9 Å². The number of carbonyl (C=O) groups is 1. The molecule has 0 bridgehead atoms. The molecule has 0 radical (unpaired) electrons. The predicted octanol–water partition coefficient (Wildman–Crippen LogP) is 6.22. The summed E-state index contributed by atoms with van der Waals surface area (Å²) in [6, 6.07) is 5.61. The molecule has 0 aliphatic heterocycles. The molecule has 1 aliphatic carbocycles. The van der Waals surface area contributed by atoms with E-state index in [0.29, 0.717) is 24.7 Å². The van der Waals surface area contributed by atoms with Crippen LogP contribution in [0, 0.1) is 5.92 Å². The number of ether oxygens (including phenoxy) is 2. The quantitative estimate of drug-likeness (QED) is 0.354. The first kappa shape index (κ1) is 30.5. The molecule has 0 unspecified atom stereocenters. The first-order valence-electron chi connectivity index (χ1n) is 13.4. The molecule has 0 saturated heterocycles. The van der Waals surface area contributed by atoms with Gasteiger partial charge in [-0.15, -0.1) is 11.3 Å². The Bertz CT molecular complexity index is 1180. The monoisotopic (exact) mass is 565 g/mol. The van der Waals surface area contributed by atoms with Crippen LogP contribution in [-0.4, -0.2) is 43.8 Å². The van der Waals surface area contributed by atoms with Crippen LogP contribution in [0.15, 0.2) is 29.3 Å². The number of thiazole rings is 1. The second-order valence-electron chi connectivity index (χ2n) is 11.8. The molecule has 0 spiro atoms. The number of hydrogen-bond acceptors (Lipinski definition) is 7. The lowest BCUT2D eigenvalue weighted by molar-refractivity contribution is 0.0970. The van der Waals surface area contributed by atoms with Crippen molar-refractivity contribution in [2.45, 2.75) is 109 Å². The molecular weight excluding hydrogens is 522 g/mol. The van der Waals surface area contributed by atoms with Crippen molar-refractivity contribution in [1.82, 2.24) is 15.0 Å². The van der Waals surface area contributed by atoms with E-state index < -0.39 is 15.6 Å². The van der Waals surface area contributed by atoms with Crippen LogP contribution in [0.2, 0.25) is 0 Å². The van der Waals surface area contributed by atoms with Gasteiger partial charge in [0.2, 0.25) is 10.0 Å². The fraction of sp³-hybridized carbons (Fsp3) is 0.643. The number of nitrogens with one attached hydrogen (secondary N) is 2. The van der Waals surface area contributed by atoms with Crippen LogP contribution in [0.1, 0.15) is 90.6 Å². The summed E-state index contributed by atoms with van der Waals surface area (Å²) in [4.78, 5) is 17.7. The van der Waals surface area contributed by atoms with Gasteiger partial charge >= 0.3 is 6.09 Å². The summed E-state index contributed by atoms with van der Waals surface area (Å²) in [5, 5.41) is 3.96. The zero-order chi connectivity index (χ0) is 28.1. The average molecular weight is 566 g/mol. The van der Waals surface area contributed by atoms with Gasteiger partial charge in [0.05, 0.1) is 27.5 Å². The zero-order valence-electron chi connectivity index (χ0n) is 23.7. The van der Waals surface area contributed by atoms with Crippen LogP contribution in [0.25, 0.3) is 10.4 Å². The molecule has 212 valence electrons. The van der Waals surface area contributed by atoms with E-state index in [1.165, 1.54) is 0 Å². The SMILES string of the molecule is CC(C)COCc1ccc(-c2cnc([C@H]3CC[C@H](NC(=O)OC(C)C)CC3)s2)c(S(=O)(=O)NC(C)(C)C)c1. The Labute approximate surface area is 232 Å². The molecule has 1 amide bonds. The van der Waals surface area contributed by atoms with Gasteiger partial charge in [-0.2, -0.15) is 0 Å². The number of nitrogens with zero attached hydrogens (tertiary/aromatic N) is 1. The standard InChI is InChI=1S/C28H43N3O5S2/c1-18(2)16-35-17-20-8-13-23(25(14-20)38(33,34)31-28(5,6)7)24-15-29-26(37-24)21-9-11-22(12-10-21)30-27(32)36-19(3)4/h8,13-15,18-19,21-22,31H,9-12,16-17H2,1-7H3,(H,30,32)/t21-,22-. The molecule has 1 saturated carbocycles. The average Bonchev–Trinajstić information content (AvgIpc) is 3.27. The first-order chi connectivity index (χ1) is 17.7. The lowest BCUT2D eigenvalue weighted by atomic mass is 9.86. The number of hydrogen-bond donors (Lipinski definition) is 2. The molecule has 2 aromatic rings. The Balaban J connectivity index is 1.79. The van der Waals surface area contributed by atoms with E-state index in [4.69, 9.17) is 14.5 Å². The van der Waals surface area contributed by atoms with E-state index in [2.05, 4.69) is 23.9 Å². The second kappa shape index (κ2) is 12.9. The maximum Gasteiger partial charge on any atom is 0.407 e. The van der Waals surface area contributed by atoms with Crippen molar-refractivity contribution < 1.29 is 22.7 Å². The van der Waals surface area contributed by atoms with Gasteiger partial charge in [0.15, 0.2) is 0 Å². The van der Waals surface area contributed by atoms with E-state index >= 15 is 0 Å². The highest BCUT2D eigenvalue weighted by atomic mass is 32.2. The summed E-state index contributed by atoms with van der Waals surface area (Å²) in [6.45, 7) is 14.3. The first-order valence-corrected chi connectivity index (χ1v) is 15.7. The fourth-order valence-electron chi connectivity index (χ4n) is 4.45. The molecule has 1 fully saturated rings. The lowest BCUT2D eigenvalue weighted by Crippen LogP contribution is -2.40. The summed E-state index contributed by atoms with van der Waals surface area (Å²) in [5.41, 5.74) is 0.841. The summed E-state index contributed by atoms with van der Waals surface area (Å²) >= 11 is 1.55. The third-order valence-electron chi connectivity index (χ3n) is 6.03. The molecule has 1 aliphatic rings. The molecule has 10 heteroatoms. The van der Waals surface area contributed by atoms with Gasteiger partial charge in [-0.05, 0) is 77.8 Å². The fourth-order valence-corrected chi connectivity index (χ4v) is 7.33. The minimum Gasteiger partial charge on any atom is -0.447 e. The van der Waals surface area contributed by atoms with Crippen LogP contribution >= 0.6 is 11.3 Å². The Hall–Kier alpha value is -2.01. The molecule has 1 aromatic carbocycles. The summed E-state index contributed by atoms with van der Waals surface area (Å²) in [6.07, 6.45) is 4.79. The summed E-state index contributed by atoms with van der Waals surface area (Å²) in [5.74, 6) is 0.680. The second-order valence-corrected chi connectivity index (χ2v) is 14.5. The summed E-state index contributed by atoms with van der Waals surface area (Å²) in [7, 11) is -3.78. The van der Waals surface area contributed by atoms with Crippen molar-refractivity contribution in [1.29, 1.82) is 0 Å². The minimum absolute atomic E-state index is 0.0996. The topological polar surface area (TPSA) is 107 Å². The van der Waals surface area contributed by atoms with Crippen molar-refractivity contribution >= 4 is 27.5 Å². The van der Waals surface area contributed by atoms with Crippen LogP contribution in [0.3, 0.4) is 0 Å². The van der Waals surface area contributed by atoms with Gasteiger partial charge in [-0.1, -0.05) is 26.0 Å². The van der Waals surface area contributed by atoms with Gasteiger partial charge in [0.1, 0.15) is 0 Å². The predicted molar refractivity (Wildman–Crippen MR) is 152 cm³/mol. The number of amides is 1. The van der Waals surface area contributed by atoms with E-state index in [-0.39, 0.29) is 29.1 Å². The number of carbonyl (C=O) groups excluding carboxylic acids is 1. The number of rotatable bonds is 10. The van der Waals surface area contributed by atoms with Crippen molar-refractivity contribution in [3.8, 4) is 10.4 Å². The van der Waals surface area contributed by atoms with E-state index in [0.717, 1.165) is 41.1 Å². The Morgan fingerprint density at radius 1 is 1.13 bits per heavy atom. The molecule has 1 heterocycles. The van der Waals surface area contributed by atoms with Gasteiger partial charge in [0.25, 0.3) is 0 Å². The third kappa shape index (κ3) is 9.03. The highest BCUT2D eigenvalue weighted by Gasteiger charge is 2.29. The van der Waals surface area contributed by atoms with Gasteiger partial charge in [-0.3, -0.25) is 0 Å². The van der Waals surface area contributed by atoms with Crippen LogP contribution < -0.4 is 10.0 Å². The Morgan fingerprint density at radius 2 is 1.82 bits per heavy atom. The number of benzene rings is 1. The largest absolute Gasteiger partial charge is 0.447 e. The smallest absolute Gasteiger partial charge is 0.407 e. The van der Waals surface area contributed by atoms with Crippen LogP contribution in [0.5, 0.6) is 0 Å². The highest BCUT2D eigenvalue weighted by Crippen LogP contribution is 2.39. The van der Waals surface area contributed by atoms with Crippen molar-refractivity contribution in [2.75, 3.05) is 6.61 Å². The molecular formula is C28H43N3O5S2. The van der Waals surface area contributed by atoms with Crippen molar-refractivity contribution in [2.24, 2.45) is 5.92 Å². The molecule has 1 aromatic heterocycles. The minimum atomic E-state index is -3.78. The maximum absolute atomic E-state index is 13.5. The maximum atomic E-state index is 13.5. The number of sulfonamides is 1. The van der Waals surface area contributed by atoms with Gasteiger partial charge < -0.3 is 14.8 Å². The normalized spacial score (nSPS) is 18.7. The lowest BCUT2D eigenvalue weighted by Gasteiger charge is -2.28. The zero-order valence-corrected chi connectivity index (χ0v) is 25.3. The highest BCUT2D eigenvalue weighted by molar-refractivity contribution is 7.89. The molecule has 2 N–H and O–H groups in total. The molecule has 0 atom stereocenters. The molecule has 3 rings (SSSR count).